The summed E-state index contributed by atoms with van der Waals surface area (Å²) in [5.41, 5.74) is 1.06. The first-order valence-corrected chi connectivity index (χ1v) is 9.95. The molecule has 1 unspecified atom stereocenters. The molecule has 1 fully saturated rings. The fourth-order valence-electron chi connectivity index (χ4n) is 3.25. The lowest BCUT2D eigenvalue weighted by molar-refractivity contribution is -0.130. The monoisotopic (exact) mass is 407 g/mol. The van der Waals surface area contributed by atoms with Gasteiger partial charge in [0.05, 0.1) is 11.8 Å². The maximum absolute atomic E-state index is 14.3. The lowest BCUT2D eigenvalue weighted by Gasteiger charge is -2.34. The average Bonchev–Trinajstić information content (AvgIpc) is 2.62. The number of nitrogens with zero attached hydrogens (tertiary/aromatic N) is 1. The molecular weight excluding hydrogens is 377 g/mol. The van der Waals surface area contributed by atoms with Gasteiger partial charge in [-0.1, -0.05) is 19.9 Å². The summed E-state index contributed by atoms with van der Waals surface area (Å²) in [5, 5.41) is 5.27. The first-order chi connectivity index (χ1) is 13.6. The number of carbonyl (C=O) groups is 3. The van der Waals surface area contributed by atoms with Crippen LogP contribution in [0.4, 0.5) is 14.9 Å². The summed E-state index contributed by atoms with van der Waals surface area (Å²) >= 11 is 0. The van der Waals surface area contributed by atoms with Crippen molar-refractivity contribution >= 4 is 23.6 Å². The maximum Gasteiger partial charge on any atom is 0.408 e. The van der Waals surface area contributed by atoms with E-state index in [-0.39, 0.29) is 23.6 Å². The molecule has 0 spiro atoms. The van der Waals surface area contributed by atoms with Crippen LogP contribution in [-0.2, 0) is 14.3 Å². The summed E-state index contributed by atoms with van der Waals surface area (Å²) in [4.78, 5) is 39.0. The standard InChI is InChI=1S/C21H30FN3O4/c1-12(2)18(24-21(28)29-13(3)4)19(26)23-16-7-6-10-25(20(16)27)17-11-14(5)8-9-15(17)22/h8-9,11-13,16,18H,6-7,10H2,1-5H3,(H,23,26)(H,24,28)/t16?,18-/m0/s1. The molecule has 160 valence electrons. The molecule has 0 bridgehead atoms. The Labute approximate surface area is 171 Å². The van der Waals surface area contributed by atoms with E-state index in [0.29, 0.717) is 19.4 Å². The molecule has 29 heavy (non-hydrogen) atoms. The van der Waals surface area contributed by atoms with E-state index in [4.69, 9.17) is 4.74 Å². The van der Waals surface area contributed by atoms with E-state index in [1.807, 2.05) is 6.92 Å². The predicted octanol–water partition coefficient (Wildman–Crippen LogP) is 2.90. The summed E-state index contributed by atoms with van der Waals surface area (Å²) in [6, 6.07) is 2.97. The highest BCUT2D eigenvalue weighted by atomic mass is 19.1. The Hall–Kier alpha value is -2.64. The van der Waals surface area contributed by atoms with Crippen LogP contribution in [0.15, 0.2) is 18.2 Å². The molecule has 2 atom stereocenters. The van der Waals surface area contributed by atoms with Gasteiger partial charge in [0.25, 0.3) is 0 Å². The molecular formula is C21H30FN3O4. The second-order valence-electron chi connectivity index (χ2n) is 7.97. The Morgan fingerprint density at radius 1 is 1.24 bits per heavy atom. The summed E-state index contributed by atoms with van der Waals surface area (Å²) in [6.45, 7) is 9.21. The fourth-order valence-corrected chi connectivity index (χ4v) is 3.25. The molecule has 0 saturated carbocycles. The van der Waals surface area contributed by atoms with E-state index >= 15 is 0 Å². The first kappa shape index (κ1) is 22.6. The third-order valence-corrected chi connectivity index (χ3v) is 4.71. The number of amides is 3. The Morgan fingerprint density at radius 2 is 1.93 bits per heavy atom. The highest BCUT2D eigenvalue weighted by molar-refractivity contribution is 6.00. The minimum atomic E-state index is -0.847. The molecule has 1 aromatic rings. The first-order valence-electron chi connectivity index (χ1n) is 9.95. The summed E-state index contributed by atoms with van der Waals surface area (Å²) in [6.07, 6.45) is 0.0745. The third kappa shape index (κ3) is 5.92. The van der Waals surface area contributed by atoms with Gasteiger partial charge >= 0.3 is 6.09 Å². The van der Waals surface area contributed by atoms with Crippen molar-refractivity contribution in [3.05, 3.63) is 29.6 Å². The van der Waals surface area contributed by atoms with E-state index in [1.165, 1.54) is 11.0 Å². The minimum absolute atomic E-state index is 0.210. The molecule has 0 aliphatic carbocycles. The topological polar surface area (TPSA) is 87.7 Å². The number of anilines is 1. The van der Waals surface area contributed by atoms with Gasteiger partial charge in [-0.2, -0.15) is 0 Å². The van der Waals surface area contributed by atoms with Gasteiger partial charge in [0, 0.05) is 6.54 Å². The van der Waals surface area contributed by atoms with Gasteiger partial charge in [-0.25, -0.2) is 9.18 Å². The number of hydrogen-bond acceptors (Lipinski definition) is 4. The van der Waals surface area contributed by atoms with Crippen LogP contribution in [0, 0.1) is 18.7 Å². The molecule has 2 rings (SSSR count). The van der Waals surface area contributed by atoms with Crippen LogP contribution < -0.4 is 15.5 Å². The van der Waals surface area contributed by atoms with Crippen molar-refractivity contribution in [2.45, 2.75) is 65.6 Å². The van der Waals surface area contributed by atoms with Gasteiger partial charge < -0.3 is 20.3 Å². The van der Waals surface area contributed by atoms with Crippen LogP contribution in [0.2, 0.25) is 0 Å². The summed E-state index contributed by atoms with van der Waals surface area (Å²) < 4.78 is 19.3. The Kier molecular flexibility index (Phi) is 7.59. The van der Waals surface area contributed by atoms with Gasteiger partial charge in [0.2, 0.25) is 11.8 Å². The molecule has 7 nitrogen and oxygen atoms in total. The number of alkyl carbamates (subject to hydrolysis) is 1. The molecule has 3 amide bonds. The van der Waals surface area contributed by atoms with Crippen LogP contribution in [0.25, 0.3) is 0 Å². The fraction of sp³-hybridized carbons (Fsp3) is 0.571. The van der Waals surface area contributed by atoms with Crippen LogP contribution in [-0.4, -0.2) is 42.6 Å². The minimum Gasteiger partial charge on any atom is -0.447 e. The molecule has 2 N–H and O–H groups in total. The predicted molar refractivity (Wildman–Crippen MR) is 108 cm³/mol. The SMILES string of the molecule is Cc1ccc(F)c(N2CCCC(NC(=O)[C@@H](NC(=O)OC(C)C)C(C)C)C2=O)c1. The van der Waals surface area contributed by atoms with E-state index in [0.717, 1.165) is 5.56 Å². The summed E-state index contributed by atoms with van der Waals surface area (Å²) in [7, 11) is 0. The van der Waals surface area contributed by atoms with Gasteiger partial charge in [0.15, 0.2) is 0 Å². The van der Waals surface area contributed by atoms with E-state index in [2.05, 4.69) is 10.6 Å². The van der Waals surface area contributed by atoms with Crippen molar-refractivity contribution in [3.63, 3.8) is 0 Å². The number of ether oxygens (including phenoxy) is 1. The Balaban J connectivity index is 2.10. The van der Waals surface area contributed by atoms with Gasteiger partial charge in [-0.3, -0.25) is 9.59 Å². The van der Waals surface area contributed by atoms with Crippen LogP contribution in [0.5, 0.6) is 0 Å². The quantitative estimate of drug-likeness (QED) is 0.759. The second kappa shape index (κ2) is 9.71. The van der Waals surface area contributed by atoms with Crippen molar-refractivity contribution < 1.29 is 23.5 Å². The lowest BCUT2D eigenvalue weighted by atomic mass is 10.00. The Morgan fingerprint density at radius 3 is 2.55 bits per heavy atom. The van der Waals surface area contributed by atoms with Crippen LogP contribution in [0.3, 0.4) is 0 Å². The highest BCUT2D eigenvalue weighted by Gasteiger charge is 2.34. The van der Waals surface area contributed by atoms with E-state index < -0.39 is 29.9 Å². The number of hydrogen-bond donors (Lipinski definition) is 2. The molecule has 0 radical (unpaired) electrons. The molecule has 1 aromatic carbocycles. The number of carbonyl (C=O) groups excluding carboxylic acids is 3. The van der Waals surface area contributed by atoms with Crippen molar-refractivity contribution in [3.8, 4) is 0 Å². The normalized spacial score (nSPS) is 18.0. The number of halogens is 1. The highest BCUT2D eigenvalue weighted by Crippen LogP contribution is 2.25. The van der Waals surface area contributed by atoms with Crippen LogP contribution >= 0.6 is 0 Å². The number of benzene rings is 1. The smallest absolute Gasteiger partial charge is 0.408 e. The zero-order valence-corrected chi connectivity index (χ0v) is 17.6. The van der Waals surface area contributed by atoms with Crippen molar-refractivity contribution in [1.82, 2.24) is 10.6 Å². The Bertz CT molecular complexity index is 766. The zero-order chi connectivity index (χ0) is 21.7. The molecule has 0 aromatic heterocycles. The molecule has 1 saturated heterocycles. The number of nitrogens with one attached hydrogen (secondary N) is 2. The largest absolute Gasteiger partial charge is 0.447 e. The zero-order valence-electron chi connectivity index (χ0n) is 17.6. The van der Waals surface area contributed by atoms with Crippen molar-refractivity contribution in [2.24, 2.45) is 5.92 Å². The van der Waals surface area contributed by atoms with Gasteiger partial charge in [-0.05, 0) is 57.2 Å². The number of aryl methyl sites for hydroxylation is 1. The molecule has 1 aliphatic rings. The van der Waals surface area contributed by atoms with Crippen LogP contribution in [0.1, 0.15) is 46.1 Å². The van der Waals surface area contributed by atoms with Crippen molar-refractivity contribution in [2.75, 3.05) is 11.4 Å². The summed E-state index contributed by atoms with van der Waals surface area (Å²) in [5.74, 6) is -1.51. The van der Waals surface area contributed by atoms with Crippen molar-refractivity contribution in [1.29, 1.82) is 0 Å². The second-order valence-corrected chi connectivity index (χ2v) is 7.97. The lowest BCUT2D eigenvalue weighted by Crippen LogP contribution is -2.58. The molecule has 8 heteroatoms. The average molecular weight is 407 g/mol. The number of piperidine rings is 1. The van der Waals surface area contributed by atoms with Gasteiger partial charge in [0.1, 0.15) is 17.9 Å². The molecule has 1 heterocycles. The van der Waals surface area contributed by atoms with E-state index in [9.17, 15) is 18.8 Å². The third-order valence-electron chi connectivity index (χ3n) is 4.71. The maximum atomic E-state index is 14.3. The molecule has 1 aliphatic heterocycles. The van der Waals surface area contributed by atoms with Gasteiger partial charge in [-0.15, -0.1) is 0 Å². The van der Waals surface area contributed by atoms with E-state index in [1.54, 1.807) is 39.8 Å². The number of rotatable bonds is 6.